The van der Waals surface area contributed by atoms with Crippen molar-refractivity contribution in [2.75, 3.05) is 13.2 Å². The molecule has 74 valence electrons. The van der Waals surface area contributed by atoms with Crippen molar-refractivity contribution >= 4 is 0 Å². The molecule has 4 nitrogen and oxygen atoms in total. The summed E-state index contributed by atoms with van der Waals surface area (Å²) in [6.45, 7) is 0.0101. The summed E-state index contributed by atoms with van der Waals surface area (Å²) in [6.07, 6.45) is -0.593. The van der Waals surface area contributed by atoms with Gasteiger partial charge >= 0.3 is 0 Å². The normalized spacial score (nSPS) is 37.6. The fourth-order valence-corrected chi connectivity index (χ4v) is 1.03. The highest BCUT2D eigenvalue weighted by atomic mass is 16.6. The Hall–Kier alpha value is -1.04. The highest BCUT2D eigenvalue weighted by Crippen LogP contribution is 2.20. The third kappa shape index (κ3) is 2.25. The van der Waals surface area contributed by atoms with Crippen molar-refractivity contribution in [2.45, 2.75) is 24.4 Å². The monoisotopic (exact) mass is 194 g/mol. The van der Waals surface area contributed by atoms with Crippen LogP contribution in [0.25, 0.3) is 0 Å². The maximum Gasteiger partial charge on any atom is 0.148 e. The molecular formula is C10H10O4. The van der Waals surface area contributed by atoms with Crippen molar-refractivity contribution < 1.29 is 19.7 Å². The molecule has 2 aliphatic heterocycles. The Balaban J connectivity index is 1.72. The average molecular weight is 194 g/mol. The molecule has 0 bridgehead atoms. The van der Waals surface area contributed by atoms with Gasteiger partial charge in [-0.2, -0.15) is 0 Å². The zero-order chi connectivity index (χ0) is 9.97. The summed E-state index contributed by atoms with van der Waals surface area (Å²) in [5.41, 5.74) is 0. The molecule has 14 heavy (non-hydrogen) atoms. The van der Waals surface area contributed by atoms with Gasteiger partial charge in [0.15, 0.2) is 0 Å². The van der Waals surface area contributed by atoms with Gasteiger partial charge in [-0.3, -0.25) is 0 Å². The SMILES string of the molecule is OC[C@@H]1O[C@@H]1C#CC#C[C@@H]1O[C@@H]1CO. The highest BCUT2D eigenvalue weighted by Gasteiger charge is 2.37. The molecule has 0 aromatic heterocycles. The molecule has 4 heteroatoms. The molecule has 0 amide bonds. The third-order valence-electron chi connectivity index (χ3n) is 2.02. The van der Waals surface area contributed by atoms with Gasteiger partial charge in [-0.1, -0.05) is 11.8 Å². The number of epoxide rings is 2. The van der Waals surface area contributed by atoms with Crippen LogP contribution in [0, 0.1) is 23.7 Å². The van der Waals surface area contributed by atoms with E-state index in [-0.39, 0.29) is 37.6 Å². The molecule has 0 radical (unpaired) electrons. The number of rotatable bonds is 2. The lowest BCUT2D eigenvalue weighted by atomic mass is 10.3. The molecule has 0 aliphatic carbocycles. The Kier molecular flexibility index (Phi) is 2.72. The summed E-state index contributed by atoms with van der Waals surface area (Å²) in [6, 6.07) is 0. The minimum atomic E-state index is -0.164. The van der Waals surface area contributed by atoms with Crippen LogP contribution in [0.15, 0.2) is 0 Å². The van der Waals surface area contributed by atoms with Crippen LogP contribution in [0.3, 0.4) is 0 Å². The van der Waals surface area contributed by atoms with E-state index < -0.39 is 0 Å². The van der Waals surface area contributed by atoms with E-state index >= 15 is 0 Å². The second-order valence-electron chi connectivity index (χ2n) is 3.09. The van der Waals surface area contributed by atoms with Crippen LogP contribution < -0.4 is 0 Å². The van der Waals surface area contributed by atoms with E-state index in [2.05, 4.69) is 23.7 Å². The van der Waals surface area contributed by atoms with Gasteiger partial charge in [0.2, 0.25) is 0 Å². The molecule has 2 heterocycles. The van der Waals surface area contributed by atoms with E-state index in [1.54, 1.807) is 0 Å². The molecule has 2 aliphatic rings. The van der Waals surface area contributed by atoms with Crippen LogP contribution in [-0.2, 0) is 9.47 Å². The highest BCUT2D eigenvalue weighted by molar-refractivity contribution is 5.32. The quantitative estimate of drug-likeness (QED) is 0.415. The smallest absolute Gasteiger partial charge is 0.148 e. The van der Waals surface area contributed by atoms with Crippen molar-refractivity contribution in [3.05, 3.63) is 0 Å². The third-order valence-corrected chi connectivity index (χ3v) is 2.02. The molecule has 2 saturated heterocycles. The van der Waals surface area contributed by atoms with E-state index in [0.29, 0.717) is 0 Å². The Morgan fingerprint density at radius 3 is 1.57 bits per heavy atom. The summed E-state index contributed by atoms with van der Waals surface area (Å²) in [7, 11) is 0. The second kappa shape index (κ2) is 4.00. The van der Waals surface area contributed by atoms with E-state index in [1.165, 1.54) is 0 Å². The van der Waals surface area contributed by atoms with Gasteiger partial charge in [-0.05, 0) is 11.8 Å². The van der Waals surface area contributed by atoms with E-state index in [4.69, 9.17) is 19.7 Å². The van der Waals surface area contributed by atoms with Crippen LogP contribution in [0.2, 0.25) is 0 Å². The first-order valence-corrected chi connectivity index (χ1v) is 4.39. The molecule has 2 N–H and O–H groups in total. The standard InChI is InChI=1S/C10H10O4/c11-5-9-7(13-9)3-1-2-4-8-10(6-12)14-8/h7-12H,5-6H2/t7-,8+,9+,10-. The molecule has 0 aromatic carbocycles. The number of hydrogen-bond donors (Lipinski definition) is 2. The van der Waals surface area contributed by atoms with Gasteiger partial charge in [0, 0.05) is 0 Å². The van der Waals surface area contributed by atoms with Crippen LogP contribution in [0.5, 0.6) is 0 Å². The molecule has 2 rings (SSSR count). The topological polar surface area (TPSA) is 65.5 Å². The summed E-state index contributed by atoms with van der Waals surface area (Å²) < 4.78 is 9.94. The lowest BCUT2D eigenvalue weighted by Crippen LogP contribution is -1.96. The van der Waals surface area contributed by atoms with Gasteiger partial charge in [0.1, 0.15) is 24.4 Å². The fraction of sp³-hybridized carbons (Fsp3) is 0.600. The number of ether oxygens (including phenoxy) is 2. The minimum absolute atomic E-state index is 0.00506. The van der Waals surface area contributed by atoms with Crippen LogP contribution in [-0.4, -0.2) is 47.8 Å². The Labute approximate surface area is 81.8 Å². The second-order valence-corrected chi connectivity index (χ2v) is 3.09. The van der Waals surface area contributed by atoms with E-state index in [1.807, 2.05) is 0 Å². The molecule has 4 atom stereocenters. The lowest BCUT2D eigenvalue weighted by Gasteiger charge is -1.74. The van der Waals surface area contributed by atoms with Gasteiger partial charge in [0.25, 0.3) is 0 Å². The maximum atomic E-state index is 8.62. The Morgan fingerprint density at radius 1 is 0.857 bits per heavy atom. The van der Waals surface area contributed by atoms with Crippen molar-refractivity contribution in [1.29, 1.82) is 0 Å². The van der Waals surface area contributed by atoms with Crippen molar-refractivity contribution in [3.8, 4) is 23.7 Å². The van der Waals surface area contributed by atoms with Gasteiger partial charge in [-0.25, -0.2) is 0 Å². The Morgan fingerprint density at radius 2 is 1.29 bits per heavy atom. The minimum Gasteiger partial charge on any atom is -0.394 e. The molecule has 0 aromatic rings. The zero-order valence-corrected chi connectivity index (χ0v) is 7.43. The van der Waals surface area contributed by atoms with Crippen molar-refractivity contribution in [1.82, 2.24) is 0 Å². The predicted molar refractivity (Wildman–Crippen MR) is 47.0 cm³/mol. The first-order chi connectivity index (χ1) is 6.85. The Bertz CT molecular complexity index is 296. The number of aliphatic hydroxyl groups is 2. The zero-order valence-electron chi connectivity index (χ0n) is 7.43. The average Bonchev–Trinajstić information content (AvgIpc) is 3.08. The van der Waals surface area contributed by atoms with E-state index in [0.717, 1.165) is 0 Å². The largest absolute Gasteiger partial charge is 0.394 e. The van der Waals surface area contributed by atoms with Gasteiger partial charge in [0.05, 0.1) is 13.2 Å². The first-order valence-electron chi connectivity index (χ1n) is 4.39. The van der Waals surface area contributed by atoms with Gasteiger partial charge < -0.3 is 19.7 Å². The van der Waals surface area contributed by atoms with E-state index in [9.17, 15) is 0 Å². The summed E-state index contributed by atoms with van der Waals surface area (Å²) in [5, 5.41) is 17.2. The molecule has 0 saturated carbocycles. The summed E-state index contributed by atoms with van der Waals surface area (Å²) >= 11 is 0. The molecule has 2 fully saturated rings. The predicted octanol–water partition coefficient (Wildman–Crippen LogP) is -1.49. The maximum absolute atomic E-state index is 8.62. The fourth-order valence-electron chi connectivity index (χ4n) is 1.03. The molecule has 0 spiro atoms. The molecular weight excluding hydrogens is 184 g/mol. The van der Waals surface area contributed by atoms with Crippen molar-refractivity contribution in [2.24, 2.45) is 0 Å². The number of hydrogen-bond acceptors (Lipinski definition) is 4. The van der Waals surface area contributed by atoms with Crippen LogP contribution in [0.1, 0.15) is 0 Å². The number of aliphatic hydroxyl groups excluding tert-OH is 2. The first kappa shape index (κ1) is 9.51. The summed E-state index contributed by atoms with van der Waals surface area (Å²) in [4.78, 5) is 0. The van der Waals surface area contributed by atoms with Crippen molar-refractivity contribution in [3.63, 3.8) is 0 Å². The lowest BCUT2D eigenvalue weighted by molar-refractivity contribution is 0.243. The van der Waals surface area contributed by atoms with Gasteiger partial charge in [-0.15, -0.1) is 0 Å². The molecule has 0 unspecified atom stereocenters. The van der Waals surface area contributed by atoms with Crippen LogP contribution >= 0.6 is 0 Å². The summed E-state index contributed by atoms with van der Waals surface area (Å²) in [5.74, 6) is 10.7. The van der Waals surface area contributed by atoms with Crippen LogP contribution in [0.4, 0.5) is 0 Å².